The van der Waals surface area contributed by atoms with Crippen LogP contribution in [0.4, 0.5) is 17.1 Å². The van der Waals surface area contributed by atoms with Gasteiger partial charge in [0.15, 0.2) is 11.3 Å². The van der Waals surface area contributed by atoms with E-state index in [4.69, 9.17) is 4.74 Å². The quantitative estimate of drug-likeness (QED) is 0.307. The van der Waals surface area contributed by atoms with E-state index in [0.717, 1.165) is 5.56 Å². The largest absolute Gasteiger partial charge is 0.496 e. The summed E-state index contributed by atoms with van der Waals surface area (Å²) in [4.78, 5) is 24.0. The second-order valence-electron chi connectivity index (χ2n) is 7.87. The monoisotopic (exact) mass is 458 g/mol. The van der Waals surface area contributed by atoms with Gasteiger partial charge in [-0.05, 0) is 42.3 Å². The summed E-state index contributed by atoms with van der Waals surface area (Å²) in [5.41, 5.74) is 0.895. The third kappa shape index (κ3) is 4.55. The summed E-state index contributed by atoms with van der Waals surface area (Å²) in [7, 11) is 1.41. The predicted octanol–water partition coefficient (Wildman–Crippen LogP) is 4.96. The lowest BCUT2D eigenvalue weighted by Gasteiger charge is -2.29. The Kier molecular flexibility index (Phi) is 6.20. The zero-order chi connectivity index (χ0) is 24.3. The molecule has 0 radical (unpaired) electrons. The number of fused-ring (bicyclic) bond motifs is 1. The maximum Gasteiger partial charge on any atom is 0.300 e. The average molecular weight is 458 g/mol. The van der Waals surface area contributed by atoms with E-state index in [0.29, 0.717) is 22.6 Å². The standard InChI is InChI=1S/C25H22N4O5/c1-16-7-3-6-10-20(16)26-24(30)25(31)14-17-8-4-5-9-19(17)22(15-25)28-27-21-12-11-18(34-2)13-23(21)29(32)33/h3-13,15,31H,14H2,1-2H3,(H,26,30). The third-order valence-corrected chi connectivity index (χ3v) is 5.56. The van der Waals surface area contributed by atoms with Gasteiger partial charge in [0, 0.05) is 17.7 Å². The van der Waals surface area contributed by atoms with Gasteiger partial charge in [0.25, 0.3) is 11.6 Å². The number of aliphatic hydroxyl groups is 1. The van der Waals surface area contributed by atoms with Gasteiger partial charge in [0.2, 0.25) is 0 Å². The van der Waals surface area contributed by atoms with Crippen molar-refractivity contribution in [3.63, 3.8) is 0 Å². The maximum atomic E-state index is 13.1. The number of anilines is 1. The van der Waals surface area contributed by atoms with Crippen LogP contribution in [0.15, 0.2) is 83.0 Å². The molecule has 0 aromatic heterocycles. The minimum atomic E-state index is -1.89. The van der Waals surface area contributed by atoms with Crippen LogP contribution in [0.3, 0.4) is 0 Å². The van der Waals surface area contributed by atoms with Crippen molar-refractivity contribution >= 4 is 28.7 Å². The van der Waals surface area contributed by atoms with E-state index in [1.165, 1.54) is 31.4 Å². The van der Waals surface area contributed by atoms with Gasteiger partial charge in [0.05, 0.1) is 23.8 Å². The Bertz CT molecular complexity index is 1330. The molecular weight excluding hydrogens is 436 g/mol. The van der Waals surface area contributed by atoms with E-state index in [2.05, 4.69) is 15.5 Å². The fourth-order valence-corrected chi connectivity index (χ4v) is 3.71. The number of methoxy groups -OCH3 is 1. The number of hydrogen-bond donors (Lipinski definition) is 2. The summed E-state index contributed by atoms with van der Waals surface area (Å²) in [6.45, 7) is 1.85. The van der Waals surface area contributed by atoms with Crippen molar-refractivity contribution in [2.75, 3.05) is 12.4 Å². The van der Waals surface area contributed by atoms with Crippen LogP contribution in [-0.2, 0) is 11.2 Å². The van der Waals surface area contributed by atoms with Crippen molar-refractivity contribution in [1.29, 1.82) is 0 Å². The van der Waals surface area contributed by atoms with Crippen molar-refractivity contribution in [2.45, 2.75) is 18.9 Å². The topological polar surface area (TPSA) is 126 Å². The Morgan fingerprint density at radius 1 is 1.12 bits per heavy atom. The SMILES string of the molecule is COc1ccc(N=NC2=CC(O)(C(=O)Nc3ccccc3C)Cc3ccccc32)c([N+](=O)[O-])c1. The number of nitro benzene ring substituents is 1. The number of hydrogen-bond acceptors (Lipinski definition) is 7. The minimum absolute atomic E-state index is 0.0163. The molecule has 3 aromatic carbocycles. The average Bonchev–Trinajstić information content (AvgIpc) is 2.83. The van der Waals surface area contributed by atoms with Crippen LogP contribution in [0.1, 0.15) is 16.7 Å². The number of azo groups is 1. The molecule has 9 nitrogen and oxygen atoms in total. The van der Waals surface area contributed by atoms with Crippen LogP contribution in [-0.4, -0.2) is 28.6 Å². The third-order valence-electron chi connectivity index (χ3n) is 5.56. The first-order valence-electron chi connectivity index (χ1n) is 10.5. The fourth-order valence-electron chi connectivity index (χ4n) is 3.71. The smallest absolute Gasteiger partial charge is 0.300 e. The molecule has 0 heterocycles. The molecule has 1 amide bonds. The van der Waals surface area contributed by atoms with Crippen molar-refractivity contribution in [1.82, 2.24) is 0 Å². The lowest BCUT2D eigenvalue weighted by atomic mass is 9.83. The molecule has 0 aliphatic heterocycles. The van der Waals surface area contributed by atoms with E-state index in [9.17, 15) is 20.0 Å². The molecule has 1 aliphatic carbocycles. The van der Waals surface area contributed by atoms with Crippen LogP contribution in [0, 0.1) is 17.0 Å². The number of amides is 1. The van der Waals surface area contributed by atoms with Gasteiger partial charge in [-0.25, -0.2) is 0 Å². The Labute approximate surface area is 195 Å². The van der Waals surface area contributed by atoms with E-state index < -0.39 is 16.4 Å². The number of carbonyl (C=O) groups excluding carboxylic acids is 1. The highest BCUT2D eigenvalue weighted by Gasteiger charge is 2.39. The van der Waals surface area contributed by atoms with Gasteiger partial charge < -0.3 is 15.2 Å². The molecule has 4 rings (SSSR count). The van der Waals surface area contributed by atoms with Crippen LogP contribution >= 0.6 is 0 Å². The summed E-state index contributed by atoms with van der Waals surface area (Å²) in [6.07, 6.45) is 1.38. The molecule has 0 bridgehead atoms. The van der Waals surface area contributed by atoms with Crippen molar-refractivity contribution in [3.05, 3.63) is 99.6 Å². The summed E-state index contributed by atoms with van der Waals surface area (Å²) < 4.78 is 5.05. The number of aryl methyl sites for hydroxylation is 1. The molecule has 1 aliphatic rings. The van der Waals surface area contributed by atoms with Gasteiger partial charge in [-0.1, -0.05) is 42.5 Å². The molecule has 1 atom stereocenters. The Morgan fingerprint density at radius 2 is 1.85 bits per heavy atom. The van der Waals surface area contributed by atoms with E-state index in [-0.39, 0.29) is 23.5 Å². The van der Waals surface area contributed by atoms with Crippen LogP contribution in [0.25, 0.3) is 5.70 Å². The number of benzene rings is 3. The van der Waals surface area contributed by atoms with Crippen molar-refractivity contribution in [3.8, 4) is 5.75 Å². The normalized spacial score (nSPS) is 17.1. The second kappa shape index (κ2) is 9.24. The number of nitrogens with zero attached hydrogens (tertiary/aromatic N) is 3. The van der Waals surface area contributed by atoms with E-state index in [1.807, 2.05) is 19.1 Å². The Hall–Kier alpha value is -4.37. The summed E-state index contributed by atoms with van der Waals surface area (Å²) in [5, 5.41) is 33.8. The predicted molar refractivity (Wildman–Crippen MR) is 127 cm³/mol. The fraction of sp³-hybridized carbons (Fsp3) is 0.160. The number of ether oxygens (including phenoxy) is 1. The summed E-state index contributed by atoms with van der Waals surface area (Å²) in [6, 6.07) is 18.7. The molecule has 2 N–H and O–H groups in total. The minimum Gasteiger partial charge on any atom is -0.496 e. The summed E-state index contributed by atoms with van der Waals surface area (Å²) >= 11 is 0. The highest BCUT2D eigenvalue weighted by molar-refractivity contribution is 6.01. The number of rotatable bonds is 6. The van der Waals surface area contributed by atoms with Crippen molar-refractivity contribution < 1.29 is 19.6 Å². The molecule has 9 heteroatoms. The molecule has 34 heavy (non-hydrogen) atoms. The van der Waals surface area contributed by atoms with Gasteiger partial charge in [0.1, 0.15) is 5.75 Å². The Balaban J connectivity index is 1.72. The summed E-state index contributed by atoms with van der Waals surface area (Å²) in [5.74, 6) is -0.297. The lowest BCUT2D eigenvalue weighted by molar-refractivity contribution is -0.384. The zero-order valence-electron chi connectivity index (χ0n) is 18.6. The molecular formula is C25H22N4O5. The van der Waals surface area contributed by atoms with Crippen molar-refractivity contribution in [2.24, 2.45) is 10.2 Å². The highest BCUT2D eigenvalue weighted by atomic mass is 16.6. The number of nitro groups is 1. The van der Waals surface area contributed by atoms with Gasteiger partial charge in [-0.2, -0.15) is 0 Å². The molecule has 0 saturated heterocycles. The molecule has 0 saturated carbocycles. The molecule has 0 fully saturated rings. The highest BCUT2D eigenvalue weighted by Crippen LogP contribution is 2.36. The first-order chi connectivity index (χ1) is 16.3. The van der Waals surface area contributed by atoms with Crippen LogP contribution in [0.5, 0.6) is 5.75 Å². The number of para-hydroxylation sites is 1. The lowest BCUT2D eigenvalue weighted by Crippen LogP contribution is -2.45. The Morgan fingerprint density at radius 3 is 2.59 bits per heavy atom. The molecule has 0 spiro atoms. The first kappa shape index (κ1) is 22.8. The zero-order valence-corrected chi connectivity index (χ0v) is 18.6. The first-order valence-corrected chi connectivity index (χ1v) is 10.5. The van der Waals surface area contributed by atoms with Gasteiger partial charge in [-0.15, -0.1) is 10.2 Å². The van der Waals surface area contributed by atoms with Gasteiger partial charge in [-0.3, -0.25) is 14.9 Å². The van der Waals surface area contributed by atoms with Gasteiger partial charge >= 0.3 is 0 Å². The van der Waals surface area contributed by atoms with E-state index >= 15 is 0 Å². The van der Waals surface area contributed by atoms with Crippen LogP contribution in [0.2, 0.25) is 0 Å². The number of nitrogens with one attached hydrogen (secondary N) is 1. The second-order valence-corrected chi connectivity index (χ2v) is 7.87. The van der Waals surface area contributed by atoms with E-state index in [1.54, 1.807) is 36.4 Å². The maximum absolute atomic E-state index is 13.1. The molecule has 3 aromatic rings. The molecule has 1 unspecified atom stereocenters. The van der Waals surface area contributed by atoms with Crippen LogP contribution < -0.4 is 10.1 Å². The number of carbonyl (C=O) groups is 1. The molecule has 172 valence electrons.